The minimum absolute atomic E-state index is 0.124. The standard InChI is InChI=1S/C15H22F3NO3/c16-15(17,18)14(13(21)22)8-9-19(10-14)12(20)11-6-4-2-1-3-5-7-11/h11H,1-10H2,(H,21,22). The van der Waals surface area contributed by atoms with E-state index in [4.69, 9.17) is 5.11 Å². The summed E-state index contributed by atoms with van der Waals surface area (Å²) < 4.78 is 39.4. The second-order valence-electron chi connectivity index (χ2n) is 6.44. The van der Waals surface area contributed by atoms with Crippen LogP contribution in [0.3, 0.4) is 0 Å². The topological polar surface area (TPSA) is 57.6 Å². The largest absolute Gasteiger partial charge is 0.481 e. The predicted octanol–water partition coefficient (Wildman–Crippen LogP) is 3.21. The number of carbonyl (C=O) groups is 2. The minimum Gasteiger partial charge on any atom is -0.481 e. The summed E-state index contributed by atoms with van der Waals surface area (Å²) in [4.78, 5) is 24.7. The van der Waals surface area contributed by atoms with Gasteiger partial charge in [0.25, 0.3) is 0 Å². The van der Waals surface area contributed by atoms with Crippen molar-refractivity contribution in [2.75, 3.05) is 13.1 Å². The smallest absolute Gasteiger partial charge is 0.406 e. The van der Waals surface area contributed by atoms with Crippen LogP contribution in [-0.4, -0.2) is 41.1 Å². The molecule has 1 saturated heterocycles. The van der Waals surface area contributed by atoms with Crippen LogP contribution in [0.1, 0.15) is 51.4 Å². The van der Waals surface area contributed by atoms with Crippen LogP contribution in [0.4, 0.5) is 13.2 Å². The molecule has 1 saturated carbocycles. The lowest BCUT2D eigenvalue weighted by Crippen LogP contribution is -2.48. The molecule has 2 aliphatic rings. The van der Waals surface area contributed by atoms with Crippen LogP contribution in [0.25, 0.3) is 0 Å². The number of likely N-dealkylation sites (tertiary alicyclic amines) is 1. The molecule has 0 aromatic heterocycles. The third kappa shape index (κ3) is 3.22. The summed E-state index contributed by atoms with van der Waals surface area (Å²) in [6, 6.07) is 0. The first-order chi connectivity index (χ1) is 10.3. The fourth-order valence-corrected chi connectivity index (χ4v) is 3.49. The zero-order chi connectivity index (χ0) is 16.4. The number of carboxylic acids is 1. The van der Waals surface area contributed by atoms with Crippen molar-refractivity contribution in [1.29, 1.82) is 0 Å². The van der Waals surface area contributed by atoms with Crippen molar-refractivity contribution in [3.8, 4) is 0 Å². The van der Waals surface area contributed by atoms with Gasteiger partial charge in [0.15, 0.2) is 5.41 Å². The van der Waals surface area contributed by atoms with E-state index >= 15 is 0 Å². The van der Waals surface area contributed by atoms with Crippen molar-refractivity contribution < 1.29 is 27.9 Å². The molecule has 0 bridgehead atoms. The van der Waals surface area contributed by atoms with Crippen molar-refractivity contribution in [2.45, 2.75) is 57.5 Å². The van der Waals surface area contributed by atoms with Crippen molar-refractivity contribution >= 4 is 11.9 Å². The molecule has 1 N–H and O–H groups in total. The number of nitrogens with zero attached hydrogens (tertiary/aromatic N) is 1. The summed E-state index contributed by atoms with van der Waals surface area (Å²) in [5.74, 6) is -2.43. The van der Waals surface area contributed by atoms with E-state index in [1.54, 1.807) is 0 Å². The predicted molar refractivity (Wildman–Crippen MR) is 73.1 cm³/mol. The quantitative estimate of drug-likeness (QED) is 0.849. The Balaban J connectivity index is 2.07. The first-order valence-corrected chi connectivity index (χ1v) is 7.87. The third-order valence-electron chi connectivity index (χ3n) is 4.99. The molecule has 2 rings (SSSR count). The Morgan fingerprint density at radius 3 is 2.05 bits per heavy atom. The average molecular weight is 321 g/mol. The van der Waals surface area contributed by atoms with Gasteiger partial charge in [-0.15, -0.1) is 0 Å². The van der Waals surface area contributed by atoms with E-state index in [2.05, 4.69) is 0 Å². The molecule has 0 aromatic carbocycles. The van der Waals surface area contributed by atoms with Gasteiger partial charge in [0, 0.05) is 19.0 Å². The molecule has 4 nitrogen and oxygen atoms in total. The first-order valence-electron chi connectivity index (χ1n) is 7.87. The van der Waals surface area contributed by atoms with E-state index in [9.17, 15) is 22.8 Å². The maximum absolute atomic E-state index is 13.1. The van der Waals surface area contributed by atoms with E-state index < -0.39 is 30.5 Å². The van der Waals surface area contributed by atoms with Gasteiger partial charge < -0.3 is 10.0 Å². The number of aliphatic carboxylic acids is 1. The van der Waals surface area contributed by atoms with Crippen LogP contribution in [0.15, 0.2) is 0 Å². The lowest BCUT2D eigenvalue weighted by molar-refractivity contribution is -0.227. The number of carboxylic acid groups (broad SMARTS) is 1. The Kier molecular flexibility index (Phi) is 5.02. The van der Waals surface area contributed by atoms with Gasteiger partial charge in [-0.1, -0.05) is 32.1 Å². The molecule has 1 heterocycles. The van der Waals surface area contributed by atoms with E-state index in [1.807, 2.05) is 0 Å². The molecule has 1 unspecified atom stereocenters. The molecule has 22 heavy (non-hydrogen) atoms. The molecule has 1 amide bonds. The highest BCUT2D eigenvalue weighted by atomic mass is 19.4. The fraction of sp³-hybridized carbons (Fsp3) is 0.867. The Morgan fingerprint density at radius 1 is 1.05 bits per heavy atom. The van der Waals surface area contributed by atoms with E-state index in [-0.39, 0.29) is 18.4 Å². The normalized spacial score (nSPS) is 28.2. The summed E-state index contributed by atoms with van der Waals surface area (Å²) in [6.45, 7) is -0.873. The summed E-state index contributed by atoms with van der Waals surface area (Å²) in [6.07, 6.45) is 1.06. The van der Waals surface area contributed by atoms with Crippen molar-refractivity contribution in [1.82, 2.24) is 4.90 Å². The molecule has 2 fully saturated rings. The second-order valence-corrected chi connectivity index (χ2v) is 6.44. The molecule has 1 aliphatic carbocycles. The van der Waals surface area contributed by atoms with Crippen LogP contribution in [0.2, 0.25) is 0 Å². The zero-order valence-corrected chi connectivity index (χ0v) is 12.5. The van der Waals surface area contributed by atoms with Gasteiger partial charge in [0.05, 0.1) is 0 Å². The van der Waals surface area contributed by atoms with Gasteiger partial charge >= 0.3 is 12.1 Å². The van der Waals surface area contributed by atoms with E-state index in [1.165, 1.54) is 0 Å². The highest BCUT2D eigenvalue weighted by Gasteiger charge is 2.64. The summed E-state index contributed by atoms with van der Waals surface area (Å²) in [5.41, 5.74) is -2.80. The lowest BCUT2D eigenvalue weighted by Gasteiger charge is -2.29. The van der Waals surface area contributed by atoms with Gasteiger partial charge in [0.2, 0.25) is 5.91 Å². The fourth-order valence-electron chi connectivity index (χ4n) is 3.49. The lowest BCUT2D eigenvalue weighted by atomic mass is 9.86. The first kappa shape index (κ1) is 17.1. The maximum atomic E-state index is 13.1. The maximum Gasteiger partial charge on any atom is 0.406 e. The van der Waals surface area contributed by atoms with Gasteiger partial charge in [-0.3, -0.25) is 9.59 Å². The summed E-state index contributed by atoms with van der Waals surface area (Å²) in [7, 11) is 0. The Morgan fingerprint density at radius 2 is 1.59 bits per heavy atom. The molecule has 126 valence electrons. The van der Waals surface area contributed by atoms with Crippen LogP contribution < -0.4 is 0 Å². The van der Waals surface area contributed by atoms with Crippen LogP contribution in [-0.2, 0) is 9.59 Å². The number of alkyl halides is 3. The number of halogens is 3. The second kappa shape index (κ2) is 6.46. The van der Waals surface area contributed by atoms with Gasteiger partial charge in [-0.25, -0.2) is 0 Å². The highest BCUT2D eigenvalue weighted by molar-refractivity contribution is 5.82. The Bertz CT molecular complexity index is 430. The molecule has 0 aromatic rings. The highest BCUT2D eigenvalue weighted by Crippen LogP contribution is 2.46. The monoisotopic (exact) mass is 321 g/mol. The molecule has 1 aliphatic heterocycles. The molecule has 7 heteroatoms. The summed E-state index contributed by atoms with van der Waals surface area (Å²) >= 11 is 0. The van der Waals surface area contributed by atoms with Crippen LogP contribution >= 0.6 is 0 Å². The number of amides is 1. The number of carbonyl (C=O) groups excluding carboxylic acids is 1. The van der Waals surface area contributed by atoms with E-state index in [0.29, 0.717) is 12.8 Å². The number of hydrogen-bond acceptors (Lipinski definition) is 2. The van der Waals surface area contributed by atoms with Crippen LogP contribution in [0.5, 0.6) is 0 Å². The third-order valence-corrected chi connectivity index (χ3v) is 4.99. The zero-order valence-electron chi connectivity index (χ0n) is 12.5. The van der Waals surface area contributed by atoms with Gasteiger partial charge in [-0.05, 0) is 19.3 Å². The number of rotatable bonds is 2. The van der Waals surface area contributed by atoms with Crippen LogP contribution in [0, 0.1) is 11.3 Å². The molecule has 1 atom stereocenters. The molecular weight excluding hydrogens is 299 g/mol. The van der Waals surface area contributed by atoms with Crippen molar-refractivity contribution in [3.05, 3.63) is 0 Å². The van der Waals surface area contributed by atoms with E-state index in [0.717, 1.165) is 37.0 Å². The Labute approximate surface area is 127 Å². The summed E-state index contributed by atoms with van der Waals surface area (Å²) in [5, 5.41) is 9.03. The Hall–Kier alpha value is -1.27. The average Bonchev–Trinajstić information content (AvgIpc) is 2.83. The SMILES string of the molecule is O=C(C1CCCCCCC1)N1CCC(C(=O)O)(C(F)(F)F)C1. The van der Waals surface area contributed by atoms with Gasteiger partial charge in [-0.2, -0.15) is 13.2 Å². The minimum atomic E-state index is -4.84. The molecule has 0 spiro atoms. The van der Waals surface area contributed by atoms with Gasteiger partial charge in [0.1, 0.15) is 0 Å². The molecular formula is C15H22F3NO3. The van der Waals surface area contributed by atoms with Crippen molar-refractivity contribution in [2.24, 2.45) is 11.3 Å². The van der Waals surface area contributed by atoms with Crippen molar-refractivity contribution in [3.63, 3.8) is 0 Å². The number of hydrogen-bond donors (Lipinski definition) is 1. The molecule has 0 radical (unpaired) electrons.